The van der Waals surface area contributed by atoms with Crippen LogP contribution in [0.15, 0.2) is 103 Å². The van der Waals surface area contributed by atoms with Crippen molar-refractivity contribution in [2.45, 2.75) is 13.8 Å². The molecule has 0 atom stereocenters. The molecule has 6 rings (SSSR count). The standard InChI is InChI=1S/C30H20Br2N4O2/c1-17-33-27-13-7-21(31)15-25(27)29(37)35(17)23-9-3-19(4-10-23)20-5-11-24(12-6-20)36-18(2)34-28-14-8-22(32)16-26(28)30(36)38/h3-16H,1-2H3. The lowest BCUT2D eigenvalue weighted by molar-refractivity contribution is 0.894. The molecule has 0 aliphatic heterocycles. The van der Waals surface area contributed by atoms with Gasteiger partial charge in [-0.25, -0.2) is 9.97 Å². The number of fused-ring (bicyclic) bond motifs is 2. The molecule has 0 fully saturated rings. The van der Waals surface area contributed by atoms with Gasteiger partial charge in [0.15, 0.2) is 0 Å². The lowest BCUT2D eigenvalue weighted by Crippen LogP contribution is -2.22. The number of hydrogen-bond donors (Lipinski definition) is 0. The van der Waals surface area contributed by atoms with Gasteiger partial charge >= 0.3 is 0 Å². The summed E-state index contributed by atoms with van der Waals surface area (Å²) in [4.78, 5) is 35.7. The molecule has 8 heteroatoms. The molecule has 2 heterocycles. The van der Waals surface area contributed by atoms with Crippen LogP contribution in [0.4, 0.5) is 0 Å². The minimum Gasteiger partial charge on any atom is -0.268 e. The van der Waals surface area contributed by atoms with E-state index < -0.39 is 0 Å². The molecule has 0 aliphatic carbocycles. The third kappa shape index (κ3) is 4.19. The van der Waals surface area contributed by atoms with E-state index in [4.69, 9.17) is 0 Å². The highest BCUT2D eigenvalue weighted by atomic mass is 79.9. The average molecular weight is 628 g/mol. The molecular weight excluding hydrogens is 608 g/mol. The Hall–Kier alpha value is -3.88. The van der Waals surface area contributed by atoms with Crippen LogP contribution in [0, 0.1) is 13.8 Å². The number of aryl methyl sites for hydroxylation is 2. The van der Waals surface area contributed by atoms with Gasteiger partial charge in [-0.2, -0.15) is 0 Å². The summed E-state index contributed by atoms with van der Waals surface area (Å²) in [5.41, 5.74) is 4.61. The highest BCUT2D eigenvalue weighted by Crippen LogP contribution is 2.24. The molecule has 0 unspecified atom stereocenters. The Labute approximate surface area is 234 Å². The van der Waals surface area contributed by atoms with E-state index in [-0.39, 0.29) is 11.1 Å². The molecule has 6 aromatic rings. The Morgan fingerprint density at radius 1 is 0.553 bits per heavy atom. The van der Waals surface area contributed by atoms with Gasteiger partial charge in [-0.15, -0.1) is 0 Å². The van der Waals surface area contributed by atoms with Crippen LogP contribution in [-0.2, 0) is 0 Å². The minimum absolute atomic E-state index is 0.109. The maximum absolute atomic E-state index is 13.3. The van der Waals surface area contributed by atoms with Crippen molar-refractivity contribution in [3.05, 3.63) is 126 Å². The van der Waals surface area contributed by atoms with Crippen molar-refractivity contribution in [2.75, 3.05) is 0 Å². The second-order valence-electron chi connectivity index (χ2n) is 9.02. The zero-order valence-corrected chi connectivity index (χ0v) is 23.6. The average Bonchev–Trinajstić information content (AvgIpc) is 2.91. The van der Waals surface area contributed by atoms with Crippen molar-refractivity contribution in [1.82, 2.24) is 19.1 Å². The van der Waals surface area contributed by atoms with Crippen molar-refractivity contribution in [2.24, 2.45) is 0 Å². The summed E-state index contributed by atoms with van der Waals surface area (Å²) < 4.78 is 4.93. The predicted octanol–water partition coefficient (Wildman–Crippen LogP) is 6.89. The van der Waals surface area contributed by atoms with Crippen LogP contribution in [0.1, 0.15) is 11.6 Å². The quantitative estimate of drug-likeness (QED) is 0.214. The zero-order valence-electron chi connectivity index (χ0n) is 20.4. The van der Waals surface area contributed by atoms with Crippen LogP contribution >= 0.6 is 31.9 Å². The number of halogens is 2. The normalized spacial score (nSPS) is 11.4. The third-order valence-electron chi connectivity index (χ3n) is 6.58. The number of aromatic nitrogens is 4. The summed E-state index contributed by atoms with van der Waals surface area (Å²) in [6, 6.07) is 26.6. The van der Waals surface area contributed by atoms with Gasteiger partial charge in [0.05, 0.1) is 33.2 Å². The fourth-order valence-corrected chi connectivity index (χ4v) is 5.47. The van der Waals surface area contributed by atoms with E-state index in [9.17, 15) is 9.59 Å². The highest BCUT2D eigenvalue weighted by Gasteiger charge is 2.13. The van der Waals surface area contributed by atoms with Gasteiger partial charge in [0.1, 0.15) is 11.6 Å². The summed E-state index contributed by atoms with van der Waals surface area (Å²) in [5.74, 6) is 1.25. The zero-order chi connectivity index (χ0) is 26.6. The number of nitrogens with zero attached hydrogens (tertiary/aromatic N) is 4. The maximum atomic E-state index is 13.3. The lowest BCUT2D eigenvalue weighted by Gasteiger charge is -2.13. The van der Waals surface area contributed by atoms with E-state index in [1.165, 1.54) is 0 Å². The van der Waals surface area contributed by atoms with Gasteiger partial charge in [0.25, 0.3) is 11.1 Å². The van der Waals surface area contributed by atoms with Crippen LogP contribution in [0.25, 0.3) is 44.3 Å². The Kier molecular flexibility index (Phi) is 6.08. The summed E-state index contributed by atoms with van der Waals surface area (Å²) in [7, 11) is 0. The number of rotatable bonds is 3. The first-order valence-electron chi connectivity index (χ1n) is 11.9. The second kappa shape index (κ2) is 9.45. The van der Waals surface area contributed by atoms with Gasteiger partial charge in [0.2, 0.25) is 0 Å². The van der Waals surface area contributed by atoms with Crippen LogP contribution < -0.4 is 11.1 Å². The maximum Gasteiger partial charge on any atom is 0.265 e. The monoisotopic (exact) mass is 626 g/mol. The van der Waals surface area contributed by atoms with Gasteiger partial charge in [0, 0.05) is 8.95 Å². The molecule has 6 nitrogen and oxygen atoms in total. The fraction of sp³-hybridized carbons (Fsp3) is 0.0667. The summed E-state index contributed by atoms with van der Waals surface area (Å²) in [5, 5.41) is 1.12. The Bertz CT molecular complexity index is 1850. The molecule has 0 radical (unpaired) electrons. The van der Waals surface area contributed by atoms with Crippen LogP contribution in [0.5, 0.6) is 0 Å². The number of hydrogen-bond acceptors (Lipinski definition) is 4. The van der Waals surface area contributed by atoms with Gasteiger partial charge in [-0.05, 0) is 85.6 Å². The Morgan fingerprint density at radius 2 is 0.921 bits per heavy atom. The predicted molar refractivity (Wildman–Crippen MR) is 159 cm³/mol. The highest BCUT2D eigenvalue weighted by molar-refractivity contribution is 9.10. The first-order valence-corrected chi connectivity index (χ1v) is 13.5. The van der Waals surface area contributed by atoms with E-state index in [2.05, 4.69) is 41.8 Å². The van der Waals surface area contributed by atoms with Crippen LogP contribution in [-0.4, -0.2) is 19.1 Å². The van der Waals surface area contributed by atoms with Crippen molar-refractivity contribution < 1.29 is 0 Å². The van der Waals surface area contributed by atoms with Crippen LogP contribution in [0.3, 0.4) is 0 Å². The molecule has 0 saturated carbocycles. The van der Waals surface area contributed by atoms with Crippen molar-refractivity contribution in [1.29, 1.82) is 0 Å². The summed E-state index contributed by atoms with van der Waals surface area (Å²) in [6.45, 7) is 3.67. The number of benzene rings is 4. The Morgan fingerprint density at radius 3 is 1.29 bits per heavy atom. The largest absolute Gasteiger partial charge is 0.268 e. The molecule has 4 aromatic carbocycles. The molecule has 0 spiro atoms. The van der Waals surface area contributed by atoms with Gasteiger partial charge in [-0.3, -0.25) is 18.7 Å². The summed E-state index contributed by atoms with van der Waals surface area (Å²) >= 11 is 6.88. The first-order chi connectivity index (χ1) is 18.3. The molecule has 38 heavy (non-hydrogen) atoms. The van der Waals surface area contributed by atoms with E-state index >= 15 is 0 Å². The molecule has 0 amide bonds. The first kappa shape index (κ1) is 24.5. The summed E-state index contributed by atoms with van der Waals surface area (Å²) in [6.07, 6.45) is 0. The molecule has 0 aliphatic rings. The Balaban J connectivity index is 1.36. The smallest absolute Gasteiger partial charge is 0.265 e. The fourth-order valence-electron chi connectivity index (χ4n) is 4.75. The van der Waals surface area contributed by atoms with Gasteiger partial charge in [-0.1, -0.05) is 56.1 Å². The molecule has 2 aromatic heterocycles. The van der Waals surface area contributed by atoms with Crippen molar-refractivity contribution >= 4 is 53.7 Å². The third-order valence-corrected chi connectivity index (χ3v) is 7.57. The molecule has 0 N–H and O–H groups in total. The van der Waals surface area contributed by atoms with Crippen LogP contribution in [0.2, 0.25) is 0 Å². The molecule has 186 valence electrons. The molecule has 0 bridgehead atoms. The minimum atomic E-state index is -0.109. The molecule has 0 saturated heterocycles. The van der Waals surface area contributed by atoms with Crippen molar-refractivity contribution in [3.63, 3.8) is 0 Å². The van der Waals surface area contributed by atoms with E-state index in [0.717, 1.165) is 31.4 Å². The van der Waals surface area contributed by atoms with E-state index in [1.54, 1.807) is 21.3 Å². The van der Waals surface area contributed by atoms with Crippen molar-refractivity contribution in [3.8, 4) is 22.5 Å². The SMILES string of the molecule is Cc1nc2ccc(Br)cc2c(=O)n1-c1ccc(-c2ccc(-n3c(C)nc4ccc(Br)cc4c3=O)cc2)cc1. The van der Waals surface area contributed by atoms with E-state index in [1.807, 2.05) is 86.6 Å². The topological polar surface area (TPSA) is 69.8 Å². The second-order valence-corrected chi connectivity index (χ2v) is 10.8. The van der Waals surface area contributed by atoms with E-state index in [0.29, 0.717) is 33.5 Å². The molecular formula is C30H20Br2N4O2. The van der Waals surface area contributed by atoms with Gasteiger partial charge < -0.3 is 0 Å². The lowest BCUT2D eigenvalue weighted by atomic mass is 10.0.